The van der Waals surface area contributed by atoms with Crippen LogP contribution in [0.4, 0.5) is 10.1 Å². The van der Waals surface area contributed by atoms with Crippen molar-refractivity contribution < 1.29 is 13.9 Å². The Hall–Kier alpha value is -3.07. The summed E-state index contributed by atoms with van der Waals surface area (Å²) in [5.74, 6) is 6.46. The Morgan fingerprint density at radius 1 is 1.23 bits per heavy atom. The Morgan fingerprint density at radius 2 is 1.96 bits per heavy atom. The van der Waals surface area contributed by atoms with Crippen LogP contribution >= 0.6 is 11.8 Å². The largest absolute Gasteiger partial charge is 0.495 e. The van der Waals surface area contributed by atoms with Crippen LogP contribution in [0.1, 0.15) is 0 Å². The number of amides is 1. The predicted octanol–water partition coefficient (Wildman–Crippen LogP) is 2.54. The SMILES string of the molecule is COc1ccccc1NC(=O)CSc1nnc(-c2ccc(F)cc2)n1N. The fraction of sp³-hybridized carbons (Fsp3) is 0.118. The van der Waals surface area contributed by atoms with Crippen molar-refractivity contribution in [1.29, 1.82) is 0 Å². The molecular formula is C17H16FN5O2S. The van der Waals surface area contributed by atoms with Gasteiger partial charge in [-0.1, -0.05) is 23.9 Å². The highest BCUT2D eigenvalue weighted by molar-refractivity contribution is 7.99. The van der Waals surface area contributed by atoms with E-state index in [9.17, 15) is 9.18 Å². The number of methoxy groups -OCH3 is 1. The number of para-hydroxylation sites is 2. The molecule has 0 saturated carbocycles. The number of rotatable bonds is 6. The van der Waals surface area contributed by atoms with Crippen LogP contribution in [0.5, 0.6) is 5.75 Å². The summed E-state index contributed by atoms with van der Waals surface area (Å²) in [6, 6.07) is 12.9. The maximum Gasteiger partial charge on any atom is 0.234 e. The van der Waals surface area contributed by atoms with Gasteiger partial charge in [-0.3, -0.25) is 4.79 Å². The number of carbonyl (C=O) groups excluding carboxylic acids is 1. The summed E-state index contributed by atoms with van der Waals surface area (Å²) in [7, 11) is 1.54. The van der Waals surface area contributed by atoms with Crippen molar-refractivity contribution in [2.45, 2.75) is 5.16 Å². The van der Waals surface area contributed by atoms with Crippen molar-refractivity contribution in [3.05, 3.63) is 54.3 Å². The van der Waals surface area contributed by atoms with Gasteiger partial charge in [0.2, 0.25) is 11.1 Å². The van der Waals surface area contributed by atoms with Crippen molar-refractivity contribution >= 4 is 23.4 Å². The minimum atomic E-state index is -0.348. The Labute approximate surface area is 153 Å². The average molecular weight is 373 g/mol. The lowest BCUT2D eigenvalue weighted by molar-refractivity contribution is -0.113. The molecule has 1 heterocycles. The second kappa shape index (κ2) is 7.87. The zero-order chi connectivity index (χ0) is 18.5. The normalized spacial score (nSPS) is 10.5. The van der Waals surface area contributed by atoms with Crippen molar-refractivity contribution in [3.8, 4) is 17.1 Å². The molecule has 3 N–H and O–H groups in total. The molecule has 0 aliphatic carbocycles. The number of nitrogens with two attached hydrogens (primary N) is 1. The van der Waals surface area contributed by atoms with E-state index in [1.165, 1.54) is 23.9 Å². The van der Waals surface area contributed by atoms with Gasteiger partial charge in [0.15, 0.2) is 5.82 Å². The quantitative estimate of drug-likeness (QED) is 0.509. The maximum atomic E-state index is 13.0. The fourth-order valence-corrected chi connectivity index (χ4v) is 2.89. The molecule has 0 aliphatic rings. The molecule has 2 aromatic carbocycles. The summed E-state index contributed by atoms with van der Waals surface area (Å²) >= 11 is 1.14. The third-order valence-electron chi connectivity index (χ3n) is 3.48. The summed E-state index contributed by atoms with van der Waals surface area (Å²) in [6.07, 6.45) is 0. The molecule has 0 unspecified atom stereocenters. The fourth-order valence-electron chi connectivity index (χ4n) is 2.24. The van der Waals surface area contributed by atoms with Gasteiger partial charge in [-0.05, 0) is 36.4 Å². The highest BCUT2D eigenvalue weighted by atomic mass is 32.2. The van der Waals surface area contributed by atoms with E-state index >= 15 is 0 Å². The molecule has 9 heteroatoms. The lowest BCUT2D eigenvalue weighted by atomic mass is 10.2. The number of aromatic nitrogens is 3. The van der Waals surface area contributed by atoms with Gasteiger partial charge in [0, 0.05) is 5.56 Å². The lowest BCUT2D eigenvalue weighted by Crippen LogP contribution is -2.16. The Kier molecular flexibility index (Phi) is 5.37. The second-order valence-corrected chi connectivity index (χ2v) is 6.16. The summed E-state index contributed by atoms with van der Waals surface area (Å²) in [6.45, 7) is 0. The summed E-state index contributed by atoms with van der Waals surface area (Å²) in [5.41, 5.74) is 1.22. The number of hydrogen-bond donors (Lipinski definition) is 2. The van der Waals surface area contributed by atoms with Gasteiger partial charge in [-0.25, -0.2) is 9.07 Å². The van der Waals surface area contributed by atoms with E-state index in [2.05, 4.69) is 15.5 Å². The number of ether oxygens (including phenoxy) is 1. The van der Waals surface area contributed by atoms with Crippen molar-refractivity contribution in [3.63, 3.8) is 0 Å². The maximum absolute atomic E-state index is 13.0. The van der Waals surface area contributed by atoms with E-state index in [1.54, 1.807) is 30.3 Å². The van der Waals surface area contributed by atoms with Gasteiger partial charge in [0.1, 0.15) is 11.6 Å². The zero-order valence-corrected chi connectivity index (χ0v) is 14.7. The Morgan fingerprint density at radius 3 is 2.69 bits per heavy atom. The van der Waals surface area contributed by atoms with Crippen molar-refractivity contribution in [2.75, 3.05) is 24.0 Å². The number of halogens is 1. The predicted molar refractivity (Wildman–Crippen MR) is 97.9 cm³/mol. The van der Waals surface area contributed by atoms with E-state index in [4.69, 9.17) is 10.6 Å². The molecule has 1 amide bonds. The number of carbonyl (C=O) groups is 1. The summed E-state index contributed by atoms with van der Waals surface area (Å²) in [4.78, 5) is 12.2. The summed E-state index contributed by atoms with van der Waals surface area (Å²) < 4.78 is 19.5. The van der Waals surface area contributed by atoms with Crippen molar-refractivity contribution in [2.24, 2.45) is 0 Å². The van der Waals surface area contributed by atoms with E-state index in [0.29, 0.717) is 28.0 Å². The minimum absolute atomic E-state index is 0.0940. The van der Waals surface area contributed by atoms with Crippen LogP contribution < -0.4 is 15.9 Å². The Balaban J connectivity index is 1.65. The summed E-state index contributed by atoms with van der Waals surface area (Å²) in [5, 5.41) is 11.1. The van der Waals surface area contributed by atoms with Crippen LogP contribution in [0.15, 0.2) is 53.7 Å². The third-order valence-corrected chi connectivity index (χ3v) is 4.42. The van der Waals surface area contributed by atoms with Gasteiger partial charge in [0.25, 0.3) is 0 Å². The molecule has 0 atom stereocenters. The van der Waals surface area contributed by atoms with E-state index in [0.717, 1.165) is 11.8 Å². The van der Waals surface area contributed by atoms with Gasteiger partial charge >= 0.3 is 0 Å². The number of nitrogen functional groups attached to an aromatic ring is 1. The zero-order valence-electron chi connectivity index (χ0n) is 13.8. The minimum Gasteiger partial charge on any atom is -0.495 e. The molecule has 3 aromatic rings. The number of thioether (sulfide) groups is 1. The van der Waals surface area contributed by atoms with Crippen LogP contribution in [0.25, 0.3) is 11.4 Å². The second-order valence-electron chi connectivity index (χ2n) is 5.22. The number of nitrogens with zero attached hydrogens (tertiary/aromatic N) is 3. The number of nitrogens with one attached hydrogen (secondary N) is 1. The molecule has 134 valence electrons. The van der Waals surface area contributed by atoms with Gasteiger partial charge in [-0.15, -0.1) is 10.2 Å². The first-order chi connectivity index (χ1) is 12.6. The monoisotopic (exact) mass is 373 g/mol. The highest BCUT2D eigenvalue weighted by Gasteiger charge is 2.14. The standard InChI is InChI=1S/C17H16FN5O2S/c1-25-14-5-3-2-4-13(14)20-15(24)10-26-17-22-21-16(23(17)19)11-6-8-12(18)9-7-11/h2-9H,10,19H2,1H3,(H,20,24). The number of hydrogen-bond acceptors (Lipinski definition) is 6. The number of benzene rings is 2. The van der Waals surface area contributed by atoms with E-state index in [-0.39, 0.29) is 17.5 Å². The molecule has 0 spiro atoms. The first-order valence-corrected chi connectivity index (χ1v) is 8.59. The van der Waals surface area contributed by atoms with Crippen LogP contribution in [0, 0.1) is 5.82 Å². The Bertz CT molecular complexity index is 914. The molecule has 0 fully saturated rings. The van der Waals surface area contributed by atoms with E-state index in [1.807, 2.05) is 6.07 Å². The van der Waals surface area contributed by atoms with Crippen molar-refractivity contribution in [1.82, 2.24) is 14.9 Å². The number of anilines is 1. The van der Waals surface area contributed by atoms with Gasteiger partial charge < -0.3 is 15.9 Å². The lowest BCUT2D eigenvalue weighted by Gasteiger charge is -2.09. The molecule has 1 aromatic heterocycles. The van der Waals surface area contributed by atoms with E-state index < -0.39 is 0 Å². The molecule has 0 aliphatic heterocycles. The highest BCUT2D eigenvalue weighted by Crippen LogP contribution is 2.25. The topological polar surface area (TPSA) is 95.1 Å². The molecule has 0 radical (unpaired) electrons. The van der Waals surface area contributed by atoms with Crippen LogP contribution in [-0.2, 0) is 4.79 Å². The molecule has 3 rings (SSSR count). The van der Waals surface area contributed by atoms with Crippen LogP contribution in [0.3, 0.4) is 0 Å². The molecule has 0 bridgehead atoms. The first-order valence-electron chi connectivity index (χ1n) is 7.60. The molecule has 26 heavy (non-hydrogen) atoms. The molecular weight excluding hydrogens is 357 g/mol. The molecule has 0 saturated heterocycles. The van der Waals surface area contributed by atoms with Crippen LogP contribution in [-0.4, -0.2) is 33.6 Å². The smallest absolute Gasteiger partial charge is 0.234 e. The van der Waals surface area contributed by atoms with Crippen LogP contribution in [0.2, 0.25) is 0 Å². The van der Waals surface area contributed by atoms with Gasteiger partial charge in [0.05, 0.1) is 18.6 Å². The average Bonchev–Trinajstić information content (AvgIpc) is 3.02. The first kappa shape index (κ1) is 17.7. The molecule has 7 nitrogen and oxygen atoms in total. The van der Waals surface area contributed by atoms with Gasteiger partial charge in [-0.2, -0.15) is 0 Å². The third kappa shape index (κ3) is 3.94.